The third-order valence-corrected chi connectivity index (χ3v) is 4.84. The molecule has 0 N–H and O–H groups in total. The number of non-ortho nitro benzene ring substituents is 1. The van der Waals surface area contributed by atoms with Crippen molar-refractivity contribution >= 4 is 22.4 Å². The van der Waals surface area contributed by atoms with E-state index >= 15 is 0 Å². The van der Waals surface area contributed by atoms with Gasteiger partial charge in [0.25, 0.3) is 5.69 Å². The van der Waals surface area contributed by atoms with Gasteiger partial charge in [-0.2, -0.15) is 0 Å². The highest BCUT2D eigenvalue weighted by molar-refractivity contribution is 6.11. The zero-order valence-corrected chi connectivity index (χ0v) is 14.2. The fourth-order valence-corrected chi connectivity index (χ4v) is 3.83. The Labute approximate surface area is 145 Å². The number of hydrogen-bond donors (Lipinski definition) is 0. The number of carbonyl (C=O) groups is 1. The van der Waals surface area contributed by atoms with Crippen LogP contribution in [-0.2, 0) is 6.42 Å². The molecule has 1 aliphatic rings. The second-order valence-electron chi connectivity index (χ2n) is 7.39. The van der Waals surface area contributed by atoms with Gasteiger partial charge in [-0.15, -0.1) is 0 Å². The molecule has 126 valence electrons. The molecule has 0 unspecified atom stereocenters. The van der Waals surface area contributed by atoms with Crippen molar-refractivity contribution in [3.8, 4) is 5.69 Å². The molecule has 4 rings (SSSR count). The third-order valence-electron chi connectivity index (χ3n) is 4.84. The SMILES string of the molecule is CC1(C)CC(=O)c2c(n(-c3ccccc3)c3cc([N+](=O)[O-])ccc23)C1. The van der Waals surface area contributed by atoms with Crippen LogP contribution in [0.15, 0.2) is 48.5 Å². The highest BCUT2D eigenvalue weighted by Crippen LogP contribution is 2.41. The van der Waals surface area contributed by atoms with Crippen LogP contribution < -0.4 is 0 Å². The van der Waals surface area contributed by atoms with E-state index in [1.165, 1.54) is 6.07 Å². The fraction of sp³-hybridized carbons (Fsp3) is 0.250. The predicted octanol–water partition coefficient (Wildman–Crippen LogP) is 4.69. The molecule has 1 aromatic heterocycles. The number of fused-ring (bicyclic) bond motifs is 3. The van der Waals surface area contributed by atoms with Crippen LogP contribution in [0.1, 0.15) is 36.3 Å². The van der Waals surface area contributed by atoms with Crippen LogP contribution in [0, 0.1) is 15.5 Å². The topological polar surface area (TPSA) is 65.1 Å². The Balaban J connectivity index is 2.11. The smallest absolute Gasteiger partial charge is 0.271 e. The van der Waals surface area contributed by atoms with Crippen LogP contribution in [0.25, 0.3) is 16.6 Å². The summed E-state index contributed by atoms with van der Waals surface area (Å²) < 4.78 is 2.01. The summed E-state index contributed by atoms with van der Waals surface area (Å²) in [5.41, 5.74) is 3.20. The quantitative estimate of drug-likeness (QED) is 0.504. The molecule has 5 nitrogen and oxygen atoms in total. The van der Waals surface area contributed by atoms with Gasteiger partial charge in [0, 0.05) is 40.9 Å². The summed E-state index contributed by atoms with van der Waals surface area (Å²) in [6.07, 6.45) is 1.25. The first-order chi connectivity index (χ1) is 11.9. The van der Waals surface area contributed by atoms with Crippen molar-refractivity contribution in [2.75, 3.05) is 0 Å². The number of para-hydroxylation sites is 1. The molecule has 25 heavy (non-hydrogen) atoms. The van der Waals surface area contributed by atoms with E-state index in [4.69, 9.17) is 0 Å². The fourth-order valence-electron chi connectivity index (χ4n) is 3.83. The van der Waals surface area contributed by atoms with Crippen molar-refractivity contribution in [3.63, 3.8) is 0 Å². The molecule has 0 saturated carbocycles. The van der Waals surface area contributed by atoms with Gasteiger partial charge in [0.2, 0.25) is 0 Å². The van der Waals surface area contributed by atoms with Gasteiger partial charge in [0.1, 0.15) is 0 Å². The zero-order chi connectivity index (χ0) is 17.8. The largest absolute Gasteiger partial charge is 0.313 e. The van der Waals surface area contributed by atoms with Gasteiger partial charge >= 0.3 is 0 Å². The van der Waals surface area contributed by atoms with Crippen LogP contribution in [0.3, 0.4) is 0 Å². The summed E-state index contributed by atoms with van der Waals surface area (Å²) in [5.74, 6) is 0.111. The number of rotatable bonds is 2. The summed E-state index contributed by atoms with van der Waals surface area (Å²) in [5, 5.41) is 12.0. The number of nitro groups is 1. The number of nitro benzene ring substituents is 1. The monoisotopic (exact) mass is 334 g/mol. The van der Waals surface area contributed by atoms with Gasteiger partial charge in [-0.3, -0.25) is 14.9 Å². The van der Waals surface area contributed by atoms with E-state index in [9.17, 15) is 14.9 Å². The molecular weight excluding hydrogens is 316 g/mol. The molecule has 0 spiro atoms. The molecular formula is C20H18N2O3. The number of hydrogen-bond acceptors (Lipinski definition) is 3. The van der Waals surface area contributed by atoms with Gasteiger partial charge in [-0.1, -0.05) is 32.0 Å². The van der Waals surface area contributed by atoms with Gasteiger partial charge in [-0.05, 0) is 30.0 Å². The standard InChI is InChI=1S/C20H18N2O3/c1-20(2)11-17-19(18(23)12-20)15-9-8-14(22(24)25)10-16(15)21(17)13-6-4-3-5-7-13/h3-10H,11-12H2,1-2H3. The van der Waals surface area contributed by atoms with Crippen molar-refractivity contribution < 1.29 is 9.72 Å². The third kappa shape index (κ3) is 2.43. The molecule has 0 bridgehead atoms. The minimum atomic E-state index is -0.396. The first-order valence-corrected chi connectivity index (χ1v) is 8.28. The number of Topliss-reactive ketones (excluding diaryl/α,β-unsaturated/α-hetero) is 1. The molecule has 1 aliphatic carbocycles. The van der Waals surface area contributed by atoms with Crippen LogP contribution in [-0.4, -0.2) is 15.3 Å². The molecule has 0 radical (unpaired) electrons. The molecule has 2 aromatic carbocycles. The van der Waals surface area contributed by atoms with Crippen LogP contribution in [0.4, 0.5) is 5.69 Å². The maximum absolute atomic E-state index is 12.8. The summed E-state index contributed by atoms with van der Waals surface area (Å²) >= 11 is 0. The van der Waals surface area contributed by atoms with Crippen molar-refractivity contribution in [3.05, 3.63) is 69.9 Å². The van der Waals surface area contributed by atoms with E-state index < -0.39 is 4.92 Å². The van der Waals surface area contributed by atoms with E-state index in [-0.39, 0.29) is 16.9 Å². The van der Waals surface area contributed by atoms with Gasteiger partial charge in [0.15, 0.2) is 5.78 Å². The average Bonchev–Trinajstić information content (AvgIpc) is 2.87. The molecule has 5 heteroatoms. The Morgan fingerprint density at radius 2 is 1.80 bits per heavy atom. The second kappa shape index (κ2) is 5.28. The number of ketones is 1. The maximum Gasteiger partial charge on any atom is 0.271 e. The van der Waals surface area contributed by atoms with E-state index in [1.54, 1.807) is 12.1 Å². The minimum Gasteiger partial charge on any atom is -0.313 e. The van der Waals surface area contributed by atoms with E-state index in [0.717, 1.165) is 28.7 Å². The normalized spacial score (nSPS) is 16.0. The Morgan fingerprint density at radius 3 is 2.48 bits per heavy atom. The average molecular weight is 334 g/mol. The molecule has 0 amide bonds. The first-order valence-electron chi connectivity index (χ1n) is 8.28. The predicted molar refractivity (Wildman–Crippen MR) is 96.4 cm³/mol. The lowest BCUT2D eigenvalue weighted by atomic mass is 9.75. The van der Waals surface area contributed by atoms with Crippen molar-refractivity contribution in [1.29, 1.82) is 0 Å². The van der Waals surface area contributed by atoms with Crippen molar-refractivity contribution in [2.24, 2.45) is 5.41 Å². The van der Waals surface area contributed by atoms with E-state index in [1.807, 2.05) is 34.9 Å². The summed E-state index contributed by atoms with van der Waals surface area (Å²) in [4.78, 5) is 23.7. The van der Waals surface area contributed by atoms with Gasteiger partial charge < -0.3 is 4.57 Å². The van der Waals surface area contributed by atoms with Crippen molar-refractivity contribution in [2.45, 2.75) is 26.7 Å². The highest BCUT2D eigenvalue weighted by atomic mass is 16.6. The number of benzene rings is 2. The van der Waals surface area contributed by atoms with Gasteiger partial charge in [-0.25, -0.2) is 0 Å². The Hall–Kier alpha value is -2.95. The zero-order valence-electron chi connectivity index (χ0n) is 14.2. The summed E-state index contributed by atoms with van der Waals surface area (Å²) in [7, 11) is 0. The summed E-state index contributed by atoms with van der Waals surface area (Å²) in [6.45, 7) is 4.17. The number of nitrogens with zero attached hydrogens (tertiary/aromatic N) is 2. The number of carbonyl (C=O) groups excluding carboxylic acids is 1. The van der Waals surface area contributed by atoms with Crippen LogP contribution in [0.2, 0.25) is 0 Å². The number of aromatic nitrogens is 1. The lowest BCUT2D eigenvalue weighted by Crippen LogP contribution is -2.27. The Bertz CT molecular complexity index is 1020. The van der Waals surface area contributed by atoms with Gasteiger partial charge in [0.05, 0.1) is 10.4 Å². The Kier molecular flexibility index (Phi) is 3.29. The lowest BCUT2D eigenvalue weighted by Gasteiger charge is -2.29. The molecule has 0 aliphatic heterocycles. The van der Waals surface area contributed by atoms with Crippen LogP contribution >= 0.6 is 0 Å². The maximum atomic E-state index is 12.8. The molecule has 0 fully saturated rings. The molecule has 1 heterocycles. The van der Waals surface area contributed by atoms with E-state index in [2.05, 4.69) is 13.8 Å². The molecule has 0 atom stereocenters. The first kappa shape index (κ1) is 15.6. The molecule has 3 aromatic rings. The highest BCUT2D eigenvalue weighted by Gasteiger charge is 2.36. The Morgan fingerprint density at radius 1 is 1.08 bits per heavy atom. The van der Waals surface area contributed by atoms with E-state index in [0.29, 0.717) is 12.0 Å². The van der Waals surface area contributed by atoms with Crippen LogP contribution in [0.5, 0.6) is 0 Å². The lowest BCUT2D eigenvalue weighted by molar-refractivity contribution is -0.384. The van der Waals surface area contributed by atoms with Crippen molar-refractivity contribution in [1.82, 2.24) is 4.57 Å². The second-order valence-corrected chi connectivity index (χ2v) is 7.39. The minimum absolute atomic E-state index is 0.0336. The molecule has 0 saturated heterocycles. The summed E-state index contributed by atoms with van der Waals surface area (Å²) in [6, 6.07) is 14.5.